The second-order valence-corrected chi connectivity index (χ2v) is 10.6. The van der Waals surface area contributed by atoms with E-state index in [2.05, 4.69) is 48.8 Å². The Bertz CT molecular complexity index is 1410. The Kier molecular flexibility index (Phi) is 6.68. The van der Waals surface area contributed by atoms with Gasteiger partial charge in [-0.3, -0.25) is 4.79 Å². The van der Waals surface area contributed by atoms with Crippen molar-refractivity contribution in [2.45, 2.75) is 58.6 Å². The summed E-state index contributed by atoms with van der Waals surface area (Å²) in [6, 6.07) is 8.28. The molecule has 3 aromatic heterocycles. The van der Waals surface area contributed by atoms with E-state index in [1.165, 1.54) is 0 Å². The minimum atomic E-state index is -0.390. The summed E-state index contributed by atoms with van der Waals surface area (Å²) in [5, 5.41) is 11.2. The van der Waals surface area contributed by atoms with Crippen molar-refractivity contribution in [2.75, 3.05) is 25.1 Å². The first-order valence-electron chi connectivity index (χ1n) is 12.6. The zero-order valence-electron chi connectivity index (χ0n) is 22.0. The monoisotopic (exact) mass is 503 g/mol. The number of carbonyl (C=O) groups excluding carboxylic acids is 1. The number of ether oxygens (including phenoxy) is 1. The molecule has 0 radical (unpaired) electrons. The van der Waals surface area contributed by atoms with Crippen LogP contribution in [-0.2, 0) is 16.7 Å². The highest BCUT2D eigenvalue weighted by molar-refractivity contribution is 5.89. The quantitative estimate of drug-likeness (QED) is 0.421. The lowest BCUT2D eigenvalue weighted by atomic mass is 9.96. The molecule has 4 heterocycles. The Morgan fingerprint density at radius 3 is 2.68 bits per heavy atom. The maximum absolute atomic E-state index is 12.5. The number of benzene rings is 1. The largest absolute Gasteiger partial charge is 0.381 e. The second-order valence-electron chi connectivity index (χ2n) is 10.6. The molecule has 10 nitrogen and oxygen atoms in total. The molecule has 0 bridgehead atoms. The van der Waals surface area contributed by atoms with Crippen LogP contribution < -0.4 is 10.2 Å². The van der Waals surface area contributed by atoms with E-state index in [-0.39, 0.29) is 17.2 Å². The number of amides is 1. The Labute approximate surface area is 216 Å². The van der Waals surface area contributed by atoms with E-state index in [0.29, 0.717) is 18.5 Å². The van der Waals surface area contributed by atoms with E-state index in [4.69, 9.17) is 9.26 Å². The van der Waals surface area contributed by atoms with Gasteiger partial charge < -0.3 is 19.5 Å². The van der Waals surface area contributed by atoms with Crippen LogP contribution in [-0.4, -0.2) is 56.9 Å². The topological polar surface area (TPSA) is 111 Å². The lowest BCUT2D eigenvalue weighted by molar-refractivity contribution is 0.0819. The molecule has 1 N–H and O–H groups in total. The van der Waals surface area contributed by atoms with Gasteiger partial charge in [0.15, 0.2) is 5.82 Å². The van der Waals surface area contributed by atoms with Gasteiger partial charge in [-0.25, -0.2) is 9.50 Å². The number of carbonyl (C=O) groups is 1. The van der Waals surface area contributed by atoms with Gasteiger partial charge in [0.1, 0.15) is 6.33 Å². The molecule has 1 aromatic carbocycles. The van der Waals surface area contributed by atoms with Crippen molar-refractivity contribution in [2.24, 2.45) is 0 Å². The highest BCUT2D eigenvalue weighted by atomic mass is 16.5. The van der Waals surface area contributed by atoms with Gasteiger partial charge in [0.05, 0.1) is 29.2 Å². The molecule has 10 heteroatoms. The van der Waals surface area contributed by atoms with E-state index >= 15 is 0 Å². The van der Waals surface area contributed by atoms with E-state index < -0.39 is 0 Å². The fourth-order valence-corrected chi connectivity index (χ4v) is 4.57. The molecule has 0 spiro atoms. The van der Waals surface area contributed by atoms with Crippen LogP contribution in [0, 0.1) is 6.92 Å². The number of nitrogens with one attached hydrogen (secondary N) is 1. The molecule has 1 fully saturated rings. The molecule has 1 amide bonds. The summed E-state index contributed by atoms with van der Waals surface area (Å²) in [5.74, 6) is 0.0830. The standard InChI is InChI=1S/C27H33N7O3/c1-17-12-18(6-7-19(17)14-28-24(35)25-31-26(32-37-25)27(2,3)4)23-22-13-20(15-34(22)30-16-29-23)33-10-8-21(36-5)9-11-33/h6-7,12-13,15-16,21H,8-11,14H2,1-5H3,(H,28,35). The van der Waals surface area contributed by atoms with Crippen molar-refractivity contribution >= 4 is 17.1 Å². The van der Waals surface area contributed by atoms with Gasteiger partial charge in [-0.2, -0.15) is 10.1 Å². The Hall–Kier alpha value is -3.79. The molecule has 0 aliphatic carbocycles. The second kappa shape index (κ2) is 9.93. The Balaban J connectivity index is 1.31. The molecule has 0 atom stereocenters. The molecule has 4 aromatic rings. The lowest BCUT2D eigenvalue weighted by Crippen LogP contribution is -2.36. The number of aromatic nitrogens is 5. The maximum Gasteiger partial charge on any atom is 0.315 e. The summed E-state index contributed by atoms with van der Waals surface area (Å²) < 4.78 is 12.5. The lowest BCUT2D eigenvalue weighted by Gasteiger charge is -2.32. The zero-order valence-corrected chi connectivity index (χ0v) is 22.0. The van der Waals surface area contributed by atoms with E-state index in [9.17, 15) is 4.79 Å². The van der Waals surface area contributed by atoms with Gasteiger partial charge in [-0.15, -0.1) is 0 Å². The summed E-state index contributed by atoms with van der Waals surface area (Å²) >= 11 is 0. The van der Waals surface area contributed by atoms with Gasteiger partial charge >= 0.3 is 11.8 Å². The van der Waals surface area contributed by atoms with Gasteiger partial charge in [0.25, 0.3) is 0 Å². The molecular weight excluding hydrogens is 470 g/mol. The number of hydrogen-bond acceptors (Lipinski definition) is 8. The van der Waals surface area contributed by atoms with E-state index in [0.717, 1.165) is 59.5 Å². The van der Waals surface area contributed by atoms with E-state index in [1.807, 2.05) is 44.3 Å². The minimum absolute atomic E-state index is 0.0296. The number of rotatable bonds is 6. The number of methoxy groups -OCH3 is 1. The molecule has 0 saturated carbocycles. The number of aryl methyl sites for hydroxylation is 1. The predicted molar refractivity (Wildman–Crippen MR) is 140 cm³/mol. The van der Waals surface area contributed by atoms with Gasteiger partial charge in [-0.05, 0) is 43.0 Å². The smallest absolute Gasteiger partial charge is 0.315 e. The average Bonchev–Trinajstić information content (AvgIpc) is 3.56. The van der Waals surface area contributed by atoms with Crippen molar-refractivity contribution < 1.29 is 14.1 Å². The minimum Gasteiger partial charge on any atom is -0.381 e. The van der Waals surface area contributed by atoms with Crippen LogP contribution in [0.2, 0.25) is 0 Å². The molecule has 194 valence electrons. The molecule has 1 saturated heterocycles. The fraction of sp³-hybridized carbons (Fsp3) is 0.444. The molecule has 1 aliphatic rings. The third kappa shape index (κ3) is 5.20. The van der Waals surface area contributed by atoms with Crippen molar-refractivity contribution in [1.82, 2.24) is 30.1 Å². The first kappa shape index (κ1) is 24.9. The van der Waals surface area contributed by atoms with Crippen molar-refractivity contribution in [3.8, 4) is 11.3 Å². The Morgan fingerprint density at radius 2 is 2.00 bits per heavy atom. The van der Waals surface area contributed by atoms with Crippen LogP contribution in [0.15, 0.2) is 41.3 Å². The maximum atomic E-state index is 12.5. The first-order valence-corrected chi connectivity index (χ1v) is 12.6. The molecular formula is C27H33N7O3. The summed E-state index contributed by atoms with van der Waals surface area (Å²) in [6.07, 6.45) is 6.02. The Morgan fingerprint density at radius 1 is 1.22 bits per heavy atom. The SMILES string of the molecule is COC1CCN(c2cc3c(-c4ccc(CNC(=O)c5nc(C(C)(C)C)no5)c(C)c4)ncnn3c2)CC1. The molecule has 37 heavy (non-hydrogen) atoms. The summed E-state index contributed by atoms with van der Waals surface area (Å²) in [7, 11) is 1.78. The first-order chi connectivity index (χ1) is 17.7. The van der Waals surface area contributed by atoms with Gasteiger partial charge in [0, 0.05) is 37.7 Å². The summed E-state index contributed by atoms with van der Waals surface area (Å²) in [4.78, 5) is 23.7. The molecule has 5 rings (SSSR count). The summed E-state index contributed by atoms with van der Waals surface area (Å²) in [6.45, 7) is 10.2. The van der Waals surface area contributed by atoms with Gasteiger partial charge in [0.2, 0.25) is 0 Å². The number of fused-ring (bicyclic) bond motifs is 1. The van der Waals surface area contributed by atoms with E-state index in [1.54, 1.807) is 13.4 Å². The third-order valence-electron chi connectivity index (χ3n) is 6.88. The van der Waals surface area contributed by atoms with Gasteiger partial charge in [-0.1, -0.05) is 38.1 Å². The highest BCUT2D eigenvalue weighted by Gasteiger charge is 2.24. The van der Waals surface area contributed by atoms with Crippen LogP contribution in [0.5, 0.6) is 0 Å². The number of piperidine rings is 1. The normalized spacial score (nSPS) is 14.9. The number of nitrogens with zero attached hydrogens (tertiary/aromatic N) is 6. The molecule has 1 aliphatic heterocycles. The number of hydrogen-bond donors (Lipinski definition) is 1. The van der Waals surface area contributed by atoms with Crippen molar-refractivity contribution in [3.63, 3.8) is 0 Å². The highest BCUT2D eigenvalue weighted by Crippen LogP contribution is 2.29. The van der Waals surface area contributed by atoms with Crippen LogP contribution in [0.1, 0.15) is 61.2 Å². The van der Waals surface area contributed by atoms with Crippen LogP contribution >= 0.6 is 0 Å². The van der Waals surface area contributed by atoms with Crippen molar-refractivity contribution in [3.05, 3.63) is 59.6 Å². The average molecular weight is 504 g/mol. The van der Waals surface area contributed by atoms with Crippen LogP contribution in [0.4, 0.5) is 5.69 Å². The molecule has 0 unspecified atom stereocenters. The van der Waals surface area contributed by atoms with Crippen LogP contribution in [0.25, 0.3) is 16.8 Å². The predicted octanol–water partition coefficient (Wildman–Crippen LogP) is 3.93. The van der Waals surface area contributed by atoms with Crippen LogP contribution in [0.3, 0.4) is 0 Å². The van der Waals surface area contributed by atoms with Crippen molar-refractivity contribution in [1.29, 1.82) is 0 Å². The summed E-state index contributed by atoms with van der Waals surface area (Å²) in [5.41, 5.74) is 5.71. The number of anilines is 1. The third-order valence-corrected chi connectivity index (χ3v) is 6.88. The zero-order chi connectivity index (χ0) is 26.2. The fourth-order valence-electron chi connectivity index (χ4n) is 4.57.